The van der Waals surface area contributed by atoms with Gasteiger partial charge in [-0.2, -0.15) is 30.7 Å². The highest BCUT2D eigenvalue weighted by Crippen LogP contribution is 2.58. The highest BCUT2D eigenvalue weighted by molar-refractivity contribution is 5.80. The lowest BCUT2D eigenvalue weighted by molar-refractivity contribution is -0.350. The zero-order valence-corrected chi connectivity index (χ0v) is 13.3. The van der Waals surface area contributed by atoms with Crippen LogP contribution in [0.1, 0.15) is 26.7 Å². The van der Waals surface area contributed by atoms with Crippen molar-refractivity contribution in [3.8, 4) is 0 Å². The number of halogens is 7. The van der Waals surface area contributed by atoms with Crippen molar-refractivity contribution in [2.45, 2.75) is 44.7 Å². The van der Waals surface area contributed by atoms with Gasteiger partial charge in [0.2, 0.25) is 0 Å². The van der Waals surface area contributed by atoms with E-state index in [-0.39, 0.29) is 6.08 Å². The maximum Gasteiger partial charge on any atom is 0.460 e. The van der Waals surface area contributed by atoms with Crippen molar-refractivity contribution < 1.29 is 55.6 Å². The first-order chi connectivity index (χ1) is 11.4. The van der Waals surface area contributed by atoms with Crippen LogP contribution in [-0.4, -0.2) is 35.1 Å². The Morgan fingerprint density at radius 2 is 1.54 bits per heavy atom. The molecular formula is C14H13F7O5-2. The van der Waals surface area contributed by atoms with Crippen LogP contribution in [0.4, 0.5) is 30.7 Å². The maximum atomic E-state index is 13.6. The molecule has 1 aliphatic carbocycles. The van der Waals surface area contributed by atoms with Crippen LogP contribution in [0.15, 0.2) is 11.8 Å². The van der Waals surface area contributed by atoms with E-state index >= 15 is 0 Å². The lowest BCUT2D eigenvalue weighted by atomic mass is 9.64. The number of alkyl halides is 7. The average molecular weight is 394 g/mol. The second kappa shape index (κ2) is 6.02. The summed E-state index contributed by atoms with van der Waals surface area (Å²) >= 11 is 0. The number of carbonyl (C=O) groups is 2. The first-order valence-corrected chi connectivity index (χ1v) is 7.03. The van der Waals surface area contributed by atoms with E-state index < -0.39 is 65.3 Å². The number of carboxylic acids is 2. The predicted molar refractivity (Wildman–Crippen MR) is 65.6 cm³/mol. The third kappa shape index (κ3) is 2.88. The molecule has 0 heterocycles. The van der Waals surface area contributed by atoms with Crippen LogP contribution < -0.4 is 10.2 Å². The second-order valence-corrected chi connectivity index (χ2v) is 6.57. The minimum absolute atomic E-state index is 0.384. The van der Waals surface area contributed by atoms with Gasteiger partial charge in [0.05, 0.1) is 5.97 Å². The number of carbonyl (C=O) groups excluding carboxylic acids is 2. The van der Waals surface area contributed by atoms with Gasteiger partial charge in [0, 0.05) is 17.3 Å². The number of hydrogen-bond donors (Lipinski definition) is 1. The number of aliphatic hydroxyl groups is 1. The second-order valence-electron chi connectivity index (χ2n) is 6.57. The number of aliphatic carboxylic acids is 2. The van der Waals surface area contributed by atoms with Crippen molar-refractivity contribution in [3.05, 3.63) is 11.8 Å². The average Bonchev–Trinajstić information content (AvgIpc) is 2.69. The van der Waals surface area contributed by atoms with Crippen LogP contribution in [0, 0.1) is 16.7 Å². The van der Waals surface area contributed by atoms with Crippen molar-refractivity contribution in [1.29, 1.82) is 0 Å². The molecule has 0 aliphatic heterocycles. The summed E-state index contributed by atoms with van der Waals surface area (Å²) in [5.41, 5.74) is -4.74. The summed E-state index contributed by atoms with van der Waals surface area (Å²) in [7, 11) is 0. The first kappa shape index (κ1) is 22.0. The number of allylic oxidation sites excluding steroid dienone is 1. The minimum Gasteiger partial charge on any atom is -0.550 e. The van der Waals surface area contributed by atoms with Gasteiger partial charge in [-0.1, -0.05) is 13.8 Å². The standard InChI is InChI=1S/C14H15F7O5/c1-10(2)6(8(23)24)3-4-11(10,9(25)26)5-7(22)12(15,16)13(17,18)14(19,20)21/h5-6,22H,3-4H2,1-2H3,(H,23,24)(H,25,26)/p-2. The third-order valence-electron chi connectivity index (χ3n) is 4.95. The number of hydrogen-bond acceptors (Lipinski definition) is 5. The first-order valence-electron chi connectivity index (χ1n) is 7.03. The fourth-order valence-electron chi connectivity index (χ4n) is 3.12. The summed E-state index contributed by atoms with van der Waals surface area (Å²) in [6, 6.07) is 0. The molecule has 1 rings (SSSR count). The largest absolute Gasteiger partial charge is 0.550 e. The topological polar surface area (TPSA) is 100 Å². The summed E-state index contributed by atoms with van der Waals surface area (Å²) in [5, 5.41) is 31.8. The molecule has 1 saturated carbocycles. The summed E-state index contributed by atoms with van der Waals surface area (Å²) in [5.74, 6) is -21.3. The molecule has 0 aromatic heterocycles. The highest BCUT2D eigenvalue weighted by atomic mass is 19.4. The zero-order chi connectivity index (χ0) is 20.9. The smallest absolute Gasteiger partial charge is 0.460 e. The van der Waals surface area contributed by atoms with Gasteiger partial charge >= 0.3 is 18.0 Å². The van der Waals surface area contributed by atoms with Gasteiger partial charge < -0.3 is 24.9 Å². The van der Waals surface area contributed by atoms with E-state index in [0.717, 1.165) is 13.8 Å². The molecule has 5 nitrogen and oxygen atoms in total. The Hall–Kier alpha value is -2.01. The Labute approximate surface area is 142 Å². The van der Waals surface area contributed by atoms with Crippen LogP contribution in [0.2, 0.25) is 0 Å². The van der Waals surface area contributed by atoms with Crippen molar-refractivity contribution in [2.75, 3.05) is 0 Å². The fourth-order valence-corrected chi connectivity index (χ4v) is 3.12. The van der Waals surface area contributed by atoms with Gasteiger partial charge in [0.1, 0.15) is 0 Å². The molecule has 26 heavy (non-hydrogen) atoms. The summed E-state index contributed by atoms with van der Waals surface area (Å²) < 4.78 is 89.7. The minimum atomic E-state index is -6.74. The van der Waals surface area contributed by atoms with Crippen LogP contribution in [0.5, 0.6) is 0 Å². The van der Waals surface area contributed by atoms with Crippen LogP contribution in [-0.2, 0) is 9.59 Å². The van der Waals surface area contributed by atoms with Gasteiger partial charge in [0.25, 0.3) is 0 Å². The highest BCUT2D eigenvalue weighted by Gasteiger charge is 2.75. The molecule has 0 aromatic rings. The monoisotopic (exact) mass is 394 g/mol. The Morgan fingerprint density at radius 3 is 1.85 bits per heavy atom. The number of carboxylic acid groups (broad SMARTS) is 2. The summed E-state index contributed by atoms with van der Waals surface area (Å²) in [4.78, 5) is 22.6. The van der Waals surface area contributed by atoms with E-state index in [2.05, 4.69) is 0 Å². The van der Waals surface area contributed by atoms with Gasteiger partial charge in [-0.05, 0) is 24.3 Å². The van der Waals surface area contributed by atoms with Crippen molar-refractivity contribution in [2.24, 2.45) is 16.7 Å². The van der Waals surface area contributed by atoms with E-state index in [1.165, 1.54) is 0 Å². The van der Waals surface area contributed by atoms with Gasteiger partial charge in [-0.25, -0.2) is 0 Å². The molecule has 1 aliphatic rings. The Bertz CT molecular complexity index is 638. The van der Waals surface area contributed by atoms with E-state index in [1.54, 1.807) is 0 Å². The quantitative estimate of drug-likeness (QED) is 0.558. The van der Waals surface area contributed by atoms with Crippen molar-refractivity contribution in [3.63, 3.8) is 0 Å². The SMILES string of the molecule is CC1(C)C(C(=O)[O-])CCC1(C=C(O)C(F)(F)C(F)(F)C(F)(F)F)C(=O)[O-]. The Kier molecular flexibility index (Phi) is 5.10. The summed E-state index contributed by atoms with van der Waals surface area (Å²) in [6.45, 7) is 1.89. The number of aliphatic hydroxyl groups excluding tert-OH is 1. The Morgan fingerprint density at radius 1 is 1.08 bits per heavy atom. The fraction of sp³-hybridized carbons (Fsp3) is 0.714. The van der Waals surface area contributed by atoms with Crippen molar-refractivity contribution in [1.82, 2.24) is 0 Å². The molecule has 0 saturated heterocycles. The Balaban J connectivity index is 3.56. The van der Waals surface area contributed by atoms with E-state index in [9.17, 15) is 55.6 Å². The molecule has 2 atom stereocenters. The molecule has 0 amide bonds. The third-order valence-corrected chi connectivity index (χ3v) is 4.95. The van der Waals surface area contributed by atoms with Crippen molar-refractivity contribution >= 4 is 11.9 Å². The molecule has 150 valence electrons. The lowest BCUT2D eigenvalue weighted by Gasteiger charge is -2.44. The normalized spacial score (nSPS) is 27.4. The molecule has 0 radical (unpaired) electrons. The van der Waals surface area contributed by atoms with E-state index in [1.807, 2.05) is 0 Å². The molecular weight excluding hydrogens is 381 g/mol. The van der Waals surface area contributed by atoms with E-state index in [0.29, 0.717) is 0 Å². The van der Waals surface area contributed by atoms with Crippen LogP contribution >= 0.6 is 0 Å². The van der Waals surface area contributed by atoms with Gasteiger partial charge in [-0.15, -0.1) is 0 Å². The maximum absolute atomic E-state index is 13.6. The van der Waals surface area contributed by atoms with Gasteiger partial charge in [0.15, 0.2) is 5.76 Å². The van der Waals surface area contributed by atoms with Crippen LogP contribution in [0.25, 0.3) is 0 Å². The zero-order valence-electron chi connectivity index (χ0n) is 13.3. The molecule has 0 aromatic carbocycles. The van der Waals surface area contributed by atoms with Gasteiger partial charge in [-0.3, -0.25) is 0 Å². The predicted octanol–water partition coefficient (Wildman–Crippen LogP) is 1.18. The van der Waals surface area contributed by atoms with E-state index in [4.69, 9.17) is 0 Å². The molecule has 1 fully saturated rings. The van der Waals surface area contributed by atoms with Crippen LogP contribution in [0.3, 0.4) is 0 Å². The molecule has 0 bridgehead atoms. The molecule has 12 heteroatoms. The molecule has 0 spiro atoms. The summed E-state index contributed by atoms with van der Waals surface area (Å²) in [6.07, 6.45) is -8.37. The molecule has 1 N–H and O–H groups in total. The lowest BCUT2D eigenvalue weighted by Crippen LogP contribution is -2.55. The number of rotatable bonds is 5. The molecule has 2 unspecified atom stereocenters.